The zero-order valence-electron chi connectivity index (χ0n) is 10.3. The van der Waals surface area contributed by atoms with E-state index >= 15 is 0 Å². The first-order chi connectivity index (χ1) is 7.77. The van der Waals surface area contributed by atoms with Gasteiger partial charge in [-0.2, -0.15) is 0 Å². The lowest BCUT2D eigenvalue weighted by molar-refractivity contribution is -0.101. The summed E-state index contributed by atoms with van der Waals surface area (Å²) in [5.41, 5.74) is 6.35. The van der Waals surface area contributed by atoms with Gasteiger partial charge in [0.2, 0.25) is 0 Å². The molecule has 3 aliphatic rings. The molecule has 0 bridgehead atoms. The first-order valence-electron chi connectivity index (χ1n) is 7.17. The molecule has 3 rings (SSSR count). The monoisotopic (exact) mass is 223 g/mol. The summed E-state index contributed by atoms with van der Waals surface area (Å²) in [7, 11) is 0. The first-order valence-corrected chi connectivity index (χ1v) is 7.17. The van der Waals surface area contributed by atoms with Crippen LogP contribution in [0.5, 0.6) is 0 Å². The minimum atomic E-state index is 0.301. The second kappa shape index (κ2) is 4.30. The van der Waals surface area contributed by atoms with Crippen molar-refractivity contribution in [2.75, 3.05) is 6.61 Å². The molecule has 0 radical (unpaired) electrons. The first kappa shape index (κ1) is 11.0. The standard InChI is InChI=1S/C14H25NO/c15-13-4-3-11(9-13)12-5-8-16-14(10-12)6-1-2-7-14/h11-13H,1-10,15H2. The molecule has 0 aromatic heterocycles. The van der Waals surface area contributed by atoms with Gasteiger partial charge in [0.05, 0.1) is 5.60 Å². The number of hydrogen-bond donors (Lipinski definition) is 1. The smallest absolute Gasteiger partial charge is 0.0685 e. The molecule has 0 amide bonds. The summed E-state index contributed by atoms with van der Waals surface area (Å²) in [6, 6.07) is 0.493. The van der Waals surface area contributed by atoms with Crippen molar-refractivity contribution in [1.29, 1.82) is 0 Å². The highest BCUT2D eigenvalue weighted by molar-refractivity contribution is 4.94. The Balaban J connectivity index is 1.63. The fourth-order valence-electron chi connectivity index (χ4n) is 4.32. The predicted octanol–water partition coefficient (Wildman–Crippen LogP) is 2.85. The van der Waals surface area contributed by atoms with Gasteiger partial charge in [-0.1, -0.05) is 12.8 Å². The van der Waals surface area contributed by atoms with Gasteiger partial charge in [0.15, 0.2) is 0 Å². The third-order valence-corrected chi connectivity index (χ3v) is 5.23. The molecule has 16 heavy (non-hydrogen) atoms. The van der Waals surface area contributed by atoms with E-state index in [0.717, 1.165) is 18.4 Å². The Labute approximate surface area is 98.9 Å². The van der Waals surface area contributed by atoms with E-state index in [4.69, 9.17) is 10.5 Å². The van der Waals surface area contributed by atoms with E-state index in [1.807, 2.05) is 0 Å². The van der Waals surface area contributed by atoms with Gasteiger partial charge < -0.3 is 10.5 Å². The van der Waals surface area contributed by atoms with E-state index in [9.17, 15) is 0 Å². The fraction of sp³-hybridized carbons (Fsp3) is 1.00. The molecule has 92 valence electrons. The SMILES string of the molecule is NC1CCC(C2CCOC3(CCCC3)C2)C1. The molecule has 2 heteroatoms. The van der Waals surface area contributed by atoms with Gasteiger partial charge in [0.1, 0.15) is 0 Å². The number of ether oxygens (including phenoxy) is 1. The average Bonchev–Trinajstić information content (AvgIpc) is 2.89. The second-order valence-corrected chi connectivity index (χ2v) is 6.32. The minimum Gasteiger partial charge on any atom is -0.375 e. The molecule has 0 aromatic carbocycles. The minimum absolute atomic E-state index is 0.301. The maximum absolute atomic E-state index is 6.11. The van der Waals surface area contributed by atoms with Gasteiger partial charge >= 0.3 is 0 Å². The van der Waals surface area contributed by atoms with Crippen molar-refractivity contribution in [3.63, 3.8) is 0 Å². The van der Waals surface area contributed by atoms with Crippen LogP contribution in [0.1, 0.15) is 57.8 Å². The second-order valence-electron chi connectivity index (χ2n) is 6.32. The van der Waals surface area contributed by atoms with Gasteiger partial charge in [-0.05, 0) is 56.8 Å². The Kier molecular flexibility index (Phi) is 2.97. The van der Waals surface area contributed by atoms with Gasteiger partial charge in [-0.25, -0.2) is 0 Å². The Morgan fingerprint density at radius 1 is 1.00 bits per heavy atom. The van der Waals surface area contributed by atoms with Crippen LogP contribution in [0, 0.1) is 11.8 Å². The molecular weight excluding hydrogens is 198 g/mol. The quantitative estimate of drug-likeness (QED) is 0.742. The highest BCUT2D eigenvalue weighted by Crippen LogP contribution is 2.46. The van der Waals surface area contributed by atoms with Crippen LogP contribution < -0.4 is 5.73 Å². The molecule has 1 aliphatic heterocycles. The highest BCUT2D eigenvalue weighted by Gasteiger charge is 2.42. The fourth-order valence-corrected chi connectivity index (χ4v) is 4.32. The molecule has 1 saturated heterocycles. The number of hydrogen-bond acceptors (Lipinski definition) is 2. The van der Waals surface area contributed by atoms with E-state index < -0.39 is 0 Å². The number of nitrogens with two attached hydrogens (primary N) is 1. The highest BCUT2D eigenvalue weighted by atomic mass is 16.5. The summed E-state index contributed by atoms with van der Waals surface area (Å²) < 4.78 is 6.11. The van der Waals surface area contributed by atoms with Crippen molar-refractivity contribution in [2.24, 2.45) is 17.6 Å². The third kappa shape index (κ3) is 2.02. The maximum atomic E-state index is 6.11. The lowest BCUT2D eigenvalue weighted by Gasteiger charge is -2.40. The van der Waals surface area contributed by atoms with Gasteiger partial charge in [0.25, 0.3) is 0 Å². The van der Waals surface area contributed by atoms with Crippen LogP contribution in [0.15, 0.2) is 0 Å². The van der Waals surface area contributed by atoms with E-state index in [-0.39, 0.29) is 0 Å². The van der Waals surface area contributed by atoms with E-state index in [1.165, 1.54) is 57.8 Å². The largest absolute Gasteiger partial charge is 0.375 e. The zero-order valence-corrected chi connectivity index (χ0v) is 10.3. The summed E-state index contributed by atoms with van der Waals surface area (Å²) in [6.07, 6.45) is 12.0. The molecule has 2 N–H and O–H groups in total. The number of rotatable bonds is 1. The van der Waals surface area contributed by atoms with E-state index in [0.29, 0.717) is 11.6 Å². The Hall–Kier alpha value is -0.0800. The van der Waals surface area contributed by atoms with Crippen molar-refractivity contribution in [3.8, 4) is 0 Å². The molecule has 2 nitrogen and oxygen atoms in total. The van der Waals surface area contributed by atoms with Crippen molar-refractivity contribution in [2.45, 2.75) is 69.4 Å². The van der Waals surface area contributed by atoms with Gasteiger partial charge in [0, 0.05) is 12.6 Å². The van der Waals surface area contributed by atoms with Crippen molar-refractivity contribution < 1.29 is 4.74 Å². The topological polar surface area (TPSA) is 35.2 Å². The molecule has 3 fully saturated rings. The lowest BCUT2D eigenvalue weighted by atomic mass is 9.77. The van der Waals surface area contributed by atoms with E-state index in [2.05, 4.69) is 0 Å². The molecule has 0 aromatic rings. The van der Waals surface area contributed by atoms with Crippen LogP contribution in [0.3, 0.4) is 0 Å². The van der Waals surface area contributed by atoms with Crippen LogP contribution in [-0.2, 0) is 4.74 Å². The Bertz CT molecular complexity index is 247. The van der Waals surface area contributed by atoms with Crippen LogP contribution >= 0.6 is 0 Å². The Morgan fingerprint density at radius 2 is 1.81 bits per heavy atom. The van der Waals surface area contributed by atoms with E-state index in [1.54, 1.807) is 0 Å². The summed E-state index contributed by atoms with van der Waals surface area (Å²) in [5.74, 6) is 1.83. The average molecular weight is 223 g/mol. The maximum Gasteiger partial charge on any atom is 0.0685 e. The van der Waals surface area contributed by atoms with Crippen LogP contribution in [0.25, 0.3) is 0 Å². The lowest BCUT2D eigenvalue weighted by Crippen LogP contribution is -2.39. The molecule has 1 heterocycles. The molecule has 2 aliphatic carbocycles. The molecule has 1 spiro atoms. The summed E-state index contributed by atoms with van der Waals surface area (Å²) in [4.78, 5) is 0. The normalized spacial score (nSPS) is 42.9. The summed E-state index contributed by atoms with van der Waals surface area (Å²) >= 11 is 0. The van der Waals surface area contributed by atoms with Crippen LogP contribution in [-0.4, -0.2) is 18.2 Å². The predicted molar refractivity (Wildman–Crippen MR) is 65.2 cm³/mol. The van der Waals surface area contributed by atoms with Gasteiger partial charge in [-0.3, -0.25) is 0 Å². The molecule has 2 saturated carbocycles. The zero-order chi connectivity index (χ0) is 11.0. The van der Waals surface area contributed by atoms with Crippen LogP contribution in [0.2, 0.25) is 0 Å². The van der Waals surface area contributed by atoms with Crippen molar-refractivity contribution in [3.05, 3.63) is 0 Å². The molecule has 3 atom stereocenters. The molecule has 3 unspecified atom stereocenters. The third-order valence-electron chi connectivity index (χ3n) is 5.23. The Morgan fingerprint density at radius 3 is 2.50 bits per heavy atom. The summed E-state index contributed by atoms with van der Waals surface area (Å²) in [5, 5.41) is 0. The van der Waals surface area contributed by atoms with Crippen molar-refractivity contribution >= 4 is 0 Å². The van der Waals surface area contributed by atoms with Crippen molar-refractivity contribution in [1.82, 2.24) is 0 Å². The summed E-state index contributed by atoms with van der Waals surface area (Å²) in [6.45, 7) is 1.01. The van der Waals surface area contributed by atoms with Crippen LogP contribution in [0.4, 0.5) is 0 Å². The molecular formula is C14H25NO. The van der Waals surface area contributed by atoms with Gasteiger partial charge in [-0.15, -0.1) is 0 Å².